The molecule has 1 saturated carbocycles. The maximum absolute atomic E-state index is 11.8. The van der Waals surface area contributed by atoms with E-state index in [1.807, 2.05) is 0 Å². The number of aromatic amines is 1. The van der Waals surface area contributed by atoms with Gasteiger partial charge in [-0.05, 0) is 25.7 Å². The van der Waals surface area contributed by atoms with E-state index in [4.69, 9.17) is 5.11 Å². The highest BCUT2D eigenvalue weighted by molar-refractivity contribution is 6.01. The molecule has 1 fully saturated rings. The van der Waals surface area contributed by atoms with Crippen LogP contribution in [0, 0.1) is 12.8 Å². The highest BCUT2D eigenvalue weighted by Gasteiger charge is 2.21. The van der Waals surface area contributed by atoms with Crippen molar-refractivity contribution in [2.75, 3.05) is 5.32 Å². The van der Waals surface area contributed by atoms with Gasteiger partial charge < -0.3 is 15.4 Å². The number of carbonyl (C=O) groups excluding carboxylic acids is 1. The number of hydrogen-bond donors (Lipinski definition) is 3. The van der Waals surface area contributed by atoms with Gasteiger partial charge in [0, 0.05) is 18.3 Å². The Bertz CT molecular complexity index is 459. The number of carbonyl (C=O) groups is 2. The Morgan fingerprint density at radius 3 is 2.72 bits per heavy atom. The Hall–Kier alpha value is -1.78. The van der Waals surface area contributed by atoms with Gasteiger partial charge in [-0.15, -0.1) is 0 Å². The highest BCUT2D eigenvalue weighted by atomic mass is 16.4. The first-order chi connectivity index (χ1) is 8.58. The number of aromatic carboxylic acids is 1. The standard InChI is InChI=1S/C13H18N2O3/c1-8-12(13(17)18)10(7-14-8)15-11(16)6-9-4-2-3-5-9/h7,9,14H,2-6H2,1H3,(H,15,16)(H,17,18). The molecule has 1 aliphatic carbocycles. The Labute approximate surface area is 106 Å². The number of hydrogen-bond acceptors (Lipinski definition) is 2. The predicted octanol–water partition coefficient (Wildman–Crippen LogP) is 2.54. The molecule has 3 N–H and O–H groups in total. The number of H-pyrrole nitrogens is 1. The van der Waals surface area contributed by atoms with Crippen LogP contribution in [0.4, 0.5) is 5.69 Å². The minimum absolute atomic E-state index is 0.0941. The zero-order valence-electron chi connectivity index (χ0n) is 10.5. The molecule has 0 bridgehead atoms. The lowest BCUT2D eigenvalue weighted by molar-refractivity contribution is -0.117. The van der Waals surface area contributed by atoms with Gasteiger partial charge in [0.15, 0.2) is 0 Å². The summed E-state index contributed by atoms with van der Waals surface area (Å²) in [6.45, 7) is 1.68. The molecule has 1 aliphatic rings. The summed E-state index contributed by atoms with van der Waals surface area (Å²) in [5, 5.41) is 11.7. The van der Waals surface area contributed by atoms with Crippen molar-refractivity contribution < 1.29 is 14.7 Å². The zero-order valence-corrected chi connectivity index (χ0v) is 10.5. The van der Waals surface area contributed by atoms with E-state index in [1.165, 1.54) is 19.0 Å². The number of carboxylic acids is 1. The summed E-state index contributed by atoms with van der Waals surface area (Å²) in [6.07, 6.45) is 6.62. The molecule has 0 aromatic carbocycles. The molecule has 2 rings (SSSR count). The van der Waals surface area contributed by atoms with Gasteiger partial charge in [0.1, 0.15) is 5.56 Å². The van der Waals surface area contributed by atoms with Crippen LogP contribution >= 0.6 is 0 Å². The normalized spacial score (nSPS) is 15.8. The molecule has 1 amide bonds. The molecule has 0 unspecified atom stereocenters. The second-order valence-electron chi connectivity index (χ2n) is 4.91. The molecule has 98 valence electrons. The summed E-state index contributed by atoms with van der Waals surface area (Å²) in [5.74, 6) is -0.661. The Morgan fingerprint density at radius 1 is 1.44 bits per heavy atom. The van der Waals surface area contributed by atoms with Crippen LogP contribution in [0.2, 0.25) is 0 Å². The van der Waals surface area contributed by atoms with E-state index in [-0.39, 0.29) is 11.5 Å². The smallest absolute Gasteiger partial charge is 0.339 e. The predicted molar refractivity (Wildman–Crippen MR) is 67.7 cm³/mol. The second kappa shape index (κ2) is 5.25. The fourth-order valence-corrected chi connectivity index (χ4v) is 2.58. The van der Waals surface area contributed by atoms with Crippen LogP contribution in [0.5, 0.6) is 0 Å². The van der Waals surface area contributed by atoms with E-state index in [0.29, 0.717) is 23.7 Å². The van der Waals surface area contributed by atoms with Gasteiger partial charge in [-0.25, -0.2) is 4.79 Å². The molecule has 0 radical (unpaired) electrons. The molecular formula is C13H18N2O3. The van der Waals surface area contributed by atoms with Crippen LogP contribution in [-0.4, -0.2) is 22.0 Å². The lowest BCUT2D eigenvalue weighted by Crippen LogP contribution is -2.16. The molecule has 18 heavy (non-hydrogen) atoms. The van der Waals surface area contributed by atoms with E-state index in [2.05, 4.69) is 10.3 Å². The van der Waals surface area contributed by atoms with Crippen LogP contribution in [-0.2, 0) is 4.79 Å². The van der Waals surface area contributed by atoms with Gasteiger partial charge in [0.2, 0.25) is 5.91 Å². The molecule has 0 atom stereocenters. The fourth-order valence-electron chi connectivity index (χ4n) is 2.58. The largest absolute Gasteiger partial charge is 0.478 e. The summed E-state index contributed by atoms with van der Waals surface area (Å²) in [5.41, 5.74) is 1.07. The Balaban J connectivity index is 2.00. The fraction of sp³-hybridized carbons (Fsp3) is 0.538. The average Bonchev–Trinajstić information content (AvgIpc) is 2.88. The first-order valence-corrected chi connectivity index (χ1v) is 6.29. The third-order valence-corrected chi connectivity index (χ3v) is 3.51. The van der Waals surface area contributed by atoms with Crippen molar-refractivity contribution in [2.45, 2.75) is 39.0 Å². The van der Waals surface area contributed by atoms with Crippen LogP contribution in [0.3, 0.4) is 0 Å². The van der Waals surface area contributed by atoms with E-state index < -0.39 is 5.97 Å². The highest BCUT2D eigenvalue weighted by Crippen LogP contribution is 2.28. The number of nitrogens with one attached hydrogen (secondary N) is 2. The second-order valence-corrected chi connectivity index (χ2v) is 4.91. The molecule has 0 aliphatic heterocycles. The molecule has 1 aromatic rings. The van der Waals surface area contributed by atoms with E-state index in [0.717, 1.165) is 12.8 Å². The molecule has 5 heteroatoms. The number of rotatable bonds is 4. The summed E-state index contributed by atoms with van der Waals surface area (Å²) in [7, 11) is 0. The van der Waals surface area contributed by atoms with Gasteiger partial charge in [-0.3, -0.25) is 4.79 Å². The average molecular weight is 250 g/mol. The van der Waals surface area contributed by atoms with E-state index >= 15 is 0 Å². The summed E-state index contributed by atoms with van der Waals surface area (Å²) >= 11 is 0. The lowest BCUT2D eigenvalue weighted by atomic mass is 10.0. The molecule has 0 spiro atoms. The minimum Gasteiger partial charge on any atom is -0.478 e. The molecular weight excluding hydrogens is 232 g/mol. The Morgan fingerprint density at radius 2 is 2.11 bits per heavy atom. The van der Waals surface area contributed by atoms with Crippen LogP contribution in [0.25, 0.3) is 0 Å². The first-order valence-electron chi connectivity index (χ1n) is 6.29. The maximum Gasteiger partial charge on any atom is 0.339 e. The van der Waals surface area contributed by atoms with E-state index in [9.17, 15) is 9.59 Å². The number of amides is 1. The van der Waals surface area contributed by atoms with Crippen molar-refractivity contribution in [3.63, 3.8) is 0 Å². The third kappa shape index (κ3) is 2.72. The van der Waals surface area contributed by atoms with Gasteiger partial charge in [-0.1, -0.05) is 12.8 Å². The summed E-state index contributed by atoms with van der Waals surface area (Å²) in [6, 6.07) is 0. The van der Waals surface area contributed by atoms with Crippen molar-refractivity contribution in [3.8, 4) is 0 Å². The lowest BCUT2D eigenvalue weighted by Gasteiger charge is -2.09. The topological polar surface area (TPSA) is 82.2 Å². The zero-order chi connectivity index (χ0) is 13.1. The molecule has 1 heterocycles. The van der Waals surface area contributed by atoms with Crippen molar-refractivity contribution in [2.24, 2.45) is 5.92 Å². The summed E-state index contributed by atoms with van der Waals surface area (Å²) in [4.78, 5) is 25.7. The van der Waals surface area contributed by atoms with Crippen LogP contribution < -0.4 is 5.32 Å². The van der Waals surface area contributed by atoms with Crippen LogP contribution in [0.1, 0.15) is 48.2 Å². The molecule has 1 aromatic heterocycles. The van der Waals surface area contributed by atoms with Crippen LogP contribution in [0.15, 0.2) is 6.20 Å². The number of aryl methyl sites for hydroxylation is 1. The Kier molecular flexibility index (Phi) is 3.69. The minimum atomic E-state index is -1.02. The summed E-state index contributed by atoms with van der Waals surface area (Å²) < 4.78 is 0. The first kappa shape index (κ1) is 12.7. The van der Waals surface area contributed by atoms with Gasteiger partial charge in [0.05, 0.1) is 5.69 Å². The van der Waals surface area contributed by atoms with E-state index in [1.54, 1.807) is 6.92 Å². The molecule has 0 saturated heterocycles. The monoisotopic (exact) mass is 250 g/mol. The van der Waals surface area contributed by atoms with Crippen molar-refractivity contribution in [1.82, 2.24) is 4.98 Å². The van der Waals surface area contributed by atoms with Crippen molar-refractivity contribution in [3.05, 3.63) is 17.5 Å². The number of carboxylic acid groups (broad SMARTS) is 1. The van der Waals surface area contributed by atoms with Gasteiger partial charge in [0.25, 0.3) is 0 Å². The van der Waals surface area contributed by atoms with Gasteiger partial charge >= 0.3 is 5.97 Å². The third-order valence-electron chi connectivity index (χ3n) is 3.51. The number of aromatic nitrogens is 1. The molecule has 5 nitrogen and oxygen atoms in total. The van der Waals surface area contributed by atoms with Crippen molar-refractivity contribution >= 4 is 17.6 Å². The van der Waals surface area contributed by atoms with Gasteiger partial charge in [-0.2, -0.15) is 0 Å². The number of anilines is 1. The maximum atomic E-state index is 11.8. The quantitative estimate of drug-likeness (QED) is 0.768. The SMILES string of the molecule is Cc1[nH]cc(NC(=O)CC2CCCC2)c1C(=O)O. The van der Waals surface area contributed by atoms with Crippen molar-refractivity contribution in [1.29, 1.82) is 0 Å².